The summed E-state index contributed by atoms with van der Waals surface area (Å²) in [6.07, 6.45) is -0.0666. The van der Waals surface area contributed by atoms with Crippen molar-refractivity contribution in [1.82, 2.24) is 0 Å². The van der Waals surface area contributed by atoms with Gasteiger partial charge in [0.25, 0.3) is 0 Å². The number of anilines is 1. The largest absolute Gasteiger partial charge is 0.491 e. The van der Waals surface area contributed by atoms with E-state index in [9.17, 15) is 4.79 Å². The van der Waals surface area contributed by atoms with E-state index in [1.807, 2.05) is 27.7 Å². The van der Waals surface area contributed by atoms with Gasteiger partial charge in [-0.15, -0.1) is 0 Å². The van der Waals surface area contributed by atoms with Gasteiger partial charge in [-0.3, -0.25) is 0 Å². The Bertz CT molecular complexity index is 455. The summed E-state index contributed by atoms with van der Waals surface area (Å²) < 4.78 is 15.9. The third-order valence-corrected chi connectivity index (χ3v) is 2.26. The molecule has 0 unspecified atom stereocenters. The van der Waals surface area contributed by atoms with Crippen molar-refractivity contribution in [2.45, 2.75) is 39.9 Å². The number of nitrogens with two attached hydrogens (primary N) is 1. The van der Waals surface area contributed by atoms with Crippen molar-refractivity contribution >= 4 is 11.7 Å². The summed E-state index contributed by atoms with van der Waals surface area (Å²) in [6.45, 7) is 7.56. The zero-order valence-electron chi connectivity index (χ0n) is 12.0. The fourth-order valence-electron chi connectivity index (χ4n) is 1.57. The fraction of sp³-hybridized carbons (Fsp3) is 0.500. The molecule has 0 spiro atoms. The molecule has 0 saturated carbocycles. The Morgan fingerprint density at radius 1 is 1.11 bits per heavy atom. The number of rotatable bonds is 5. The highest BCUT2D eigenvalue weighted by Crippen LogP contribution is 2.33. The number of hydrogen-bond donors (Lipinski definition) is 1. The van der Waals surface area contributed by atoms with Crippen molar-refractivity contribution in [1.29, 1.82) is 0 Å². The van der Waals surface area contributed by atoms with E-state index in [-0.39, 0.29) is 23.5 Å². The monoisotopic (exact) mass is 267 g/mol. The molecular weight excluding hydrogens is 246 g/mol. The molecule has 5 nitrogen and oxygen atoms in total. The van der Waals surface area contributed by atoms with Gasteiger partial charge in [0.1, 0.15) is 11.5 Å². The first-order chi connectivity index (χ1) is 8.85. The van der Waals surface area contributed by atoms with Crippen LogP contribution in [0.15, 0.2) is 12.1 Å². The normalized spacial score (nSPS) is 10.7. The van der Waals surface area contributed by atoms with Crippen molar-refractivity contribution in [3.8, 4) is 11.5 Å². The van der Waals surface area contributed by atoms with Gasteiger partial charge in [-0.05, 0) is 33.8 Å². The highest BCUT2D eigenvalue weighted by Gasteiger charge is 2.18. The predicted octanol–water partition coefficient (Wildman–Crippen LogP) is 2.63. The third-order valence-electron chi connectivity index (χ3n) is 2.26. The second-order valence-corrected chi connectivity index (χ2v) is 4.71. The summed E-state index contributed by atoms with van der Waals surface area (Å²) in [7, 11) is 1.31. The SMILES string of the molecule is COC(=O)c1cc(OC(C)C)cc(OC(C)C)c1N. The smallest absolute Gasteiger partial charge is 0.340 e. The number of hydrogen-bond acceptors (Lipinski definition) is 5. The second kappa shape index (κ2) is 6.31. The summed E-state index contributed by atoms with van der Waals surface area (Å²) in [5.41, 5.74) is 6.43. The molecule has 106 valence electrons. The first kappa shape index (κ1) is 15.1. The summed E-state index contributed by atoms with van der Waals surface area (Å²) in [6, 6.07) is 3.25. The molecule has 0 fully saturated rings. The van der Waals surface area contributed by atoms with Crippen LogP contribution in [-0.2, 0) is 4.74 Å². The topological polar surface area (TPSA) is 70.8 Å². The summed E-state index contributed by atoms with van der Waals surface area (Å²) >= 11 is 0. The van der Waals surface area contributed by atoms with Crippen molar-refractivity contribution in [3.05, 3.63) is 17.7 Å². The lowest BCUT2D eigenvalue weighted by molar-refractivity contribution is 0.0600. The summed E-state index contributed by atoms with van der Waals surface area (Å²) in [4.78, 5) is 11.7. The molecule has 5 heteroatoms. The highest BCUT2D eigenvalue weighted by molar-refractivity contribution is 5.97. The standard InChI is InChI=1S/C14H21NO4/c1-8(2)18-10-6-11(14(16)17-5)13(15)12(7-10)19-9(3)4/h6-9H,15H2,1-5H3. The number of nitrogen functional groups attached to an aromatic ring is 1. The summed E-state index contributed by atoms with van der Waals surface area (Å²) in [5, 5.41) is 0. The Labute approximate surface area is 113 Å². The van der Waals surface area contributed by atoms with Crippen molar-refractivity contribution in [2.24, 2.45) is 0 Å². The maximum atomic E-state index is 11.7. The average Bonchev–Trinajstić information content (AvgIpc) is 2.30. The lowest BCUT2D eigenvalue weighted by atomic mass is 10.1. The molecule has 0 amide bonds. The van der Waals surface area contributed by atoms with Crippen LogP contribution in [0.3, 0.4) is 0 Å². The van der Waals surface area contributed by atoms with Gasteiger partial charge in [0, 0.05) is 6.07 Å². The van der Waals surface area contributed by atoms with Crippen LogP contribution < -0.4 is 15.2 Å². The Hall–Kier alpha value is -1.91. The van der Waals surface area contributed by atoms with Crippen molar-refractivity contribution in [2.75, 3.05) is 12.8 Å². The molecule has 0 aliphatic carbocycles. The molecule has 0 aromatic heterocycles. The molecule has 0 atom stereocenters. The van der Waals surface area contributed by atoms with Crippen LogP contribution in [0.2, 0.25) is 0 Å². The van der Waals surface area contributed by atoms with E-state index < -0.39 is 5.97 Å². The van der Waals surface area contributed by atoms with Gasteiger partial charge in [-0.1, -0.05) is 0 Å². The van der Waals surface area contributed by atoms with E-state index in [0.717, 1.165) is 0 Å². The van der Waals surface area contributed by atoms with E-state index in [4.69, 9.17) is 19.9 Å². The Morgan fingerprint density at radius 2 is 1.68 bits per heavy atom. The van der Waals surface area contributed by atoms with Gasteiger partial charge in [-0.2, -0.15) is 0 Å². The number of ether oxygens (including phenoxy) is 3. The number of carbonyl (C=O) groups is 1. The molecular formula is C14H21NO4. The molecule has 0 aliphatic rings. The number of carbonyl (C=O) groups excluding carboxylic acids is 1. The molecule has 1 rings (SSSR count). The second-order valence-electron chi connectivity index (χ2n) is 4.71. The van der Waals surface area contributed by atoms with Crippen LogP contribution in [0.5, 0.6) is 11.5 Å². The zero-order valence-corrected chi connectivity index (χ0v) is 12.0. The number of esters is 1. The van der Waals surface area contributed by atoms with E-state index >= 15 is 0 Å². The Kier molecular flexibility index (Phi) is 5.03. The quantitative estimate of drug-likeness (QED) is 0.656. The van der Waals surface area contributed by atoms with E-state index in [1.165, 1.54) is 7.11 Å². The third kappa shape index (κ3) is 4.05. The van der Waals surface area contributed by atoms with Gasteiger partial charge in [0.2, 0.25) is 0 Å². The molecule has 0 radical (unpaired) electrons. The maximum Gasteiger partial charge on any atom is 0.340 e. The molecule has 0 bridgehead atoms. The van der Waals surface area contributed by atoms with Gasteiger partial charge >= 0.3 is 5.97 Å². The minimum Gasteiger partial charge on any atom is -0.491 e. The average molecular weight is 267 g/mol. The Morgan fingerprint density at radius 3 is 2.16 bits per heavy atom. The molecule has 2 N–H and O–H groups in total. The Balaban J connectivity index is 3.25. The van der Waals surface area contributed by atoms with Crippen molar-refractivity contribution in [3.63, 3.8) is 0 Å². The fourth-order valence-corrected chi connectivity index (χ4v) is 1.57. The van der Waals surface area contributed by atoms with Crippen LogP contribution >= 0.6 is 0 Å². The number of methoxy groups -OCH3 is 1. The number of benzene rings is 1. The highest BCUT2D eigenvalue weighted by atomic mass is 16.5. The molecule has 1 aromatic carbocycles. The van der Waals surface area contributed by atoms with E-state index in [2.05, 4.69) is 0 Å². The van der Waals surface area contributed by atoms with Gasteiger partial charge in [0.05, 0.1) is 30.6 Å². The minimum atomic E-state index is -0.514. The molecule has 0 aliphatic heterocycles. The molecule has 1 aromatic rings. The molecule has 0 heterocycles. The van der Waals surface area contributed by atoms with Crippen LogP contribution in [0.1, 0.15) is 38.1 Å². The van der Waals surface area contributed by atoms with Crippen LogP contribution in [0, 0.1) is 0 Å². The summed E-state index contributed by atoms with van der Waals surface area (Å²) in [5.74, 6) is 0.439. The predicted molar refractivity (Wildman–Crippen MR) is 73.7 cm³/mol. The van der Waals surface area contributed by atoms with Gasteiger partial charge < -0.3 is 19.9 Å². The van der Waals surface area contributed by atoms with Gasteiger partial charge in [0.15, 0.2) is 0 Å². The molecule has 0 saturated heterocycles. The lowest BCUT2D eigenvalue weighted by Crippen LogP contribution is -2.13. The van der Waals surface area contributed by atoms with Crippen molar-refractivity contribution < 1.29 is 19.0 Å². The zero-order chi connectivity index (χ0) is 14.6. The van der Waals surface area contributed by atoms with Gasteiger partial charge in [-0.25, -0.2) is 4.79 Å². The van der Waals surface area contributed by atoms with Crippen LogP contribution in [0.4, 0.5) is 5.69 Å². The van der Waals surface area contributed by atoms with Crippen LogP contribution in [0.25, 0.3) is 0 Å². The first-order valence-corrected chi connectivity index (χ1v) is 6.20. The lowest BCUT2D eigenvalue weighted by Gasteiger charge is -2.17. The maximum absolute atomic E-state index is 11.7. The van der Waals surface area contributed by atoms with Crippen LogP contribution in [-0.4, -0.2) is 25.3 Å². The van der Waals surface area contributed by atoms with E-state index in [1.54, 1.807) is 12.1 Å². The molecule has 19 heavy (non-hydrogen) atoms. The first-order valence-electron chi connectivity index (χ1n) is 6.20. The minimum absolute atomic E-state index is 0.0129. The van der Waals surface area contributed by atoms with E-state index in [0.29, 0.717) is 11.5 Å².